The highest BCUT2D eigenvalue weighted by molar-refractivity contribution is 5.77. The number of halogens is 1. The van der Waals surface area contributed by atoms with E-state index in [1.165, 1.54) is 12.5 Å². The van der Waals surface area contributed by atoms with Gasteiger partial charge in [0.1, 0.15) is 11.7 Å². The lowest BCUT2D eigenvalue weighted by molar-refractivity contribution is 0.320. The summed E-state index contributed by atoms with van der Waals surface area (Å²) >= 11 is 0. The molecule has 1 aliphatic rings. The van der Waals surface area contributed by atoms with Gasteiger partial charge in [-0.25, -0.2) is 9.37 Å². The third-order valence-corrected chi connectivity index (χ3v) is 3.22. The molecule has 0 radical (unpaired) electrons. The summed E-state index contributed by atoms with van der Waals surface area (Å²) < 4.78 is 15.4. The summed E-state index contributed by atoms with van der Waals surface area (Å²) in [5.74, 6) is -0.540. The van der Waals surface area contributed by atoms with Crippen molar-refractivity contribution in [3.63, 3.8) is 0 Å². The van der Waals surface area contributed by atoms with Crippen LogP contribution in [0.5, 0.6) is 0 Å². The van der Waals surface area contributed by atoms with E-state index in [4.69, 9.17) is 5.26 Å². The minimum atomic E-state index is -0.540. The molecule has 0 spiro atoms. The number of fused-ring (bicyclic) bond motifs is 1. The zero-order valence-corrected chi connectivity index (χ0v) is 8.65. The Hall–Kier alpha value is -1.89. The Morgan fingerprint density at radius 2 is 2.31 bits per heavy atom. The fraction of sp³-hybridized carbons (Fsp3) is 0.333. The highest BCUT2D eigenvalue weighted by Crippen LogP contribution is 2.34. The van der Waals surface area contributed by atoms with Gasteiger partial charge in [0.15, 0.2) is 11.5 Å². The Bertz CT molecular complexity index is 590. The minimum Gasteiger partial charge on any atom is -0.329 e. The molecular weight excluding hydrogens is 205 g/mol. The molecule has 3 nitrogen and oxygen atoms in total. The van der Waals surface area contributed by atoms with Crippen LogP contribution in [0, 0.1) is 17.1 Å². The van der Waals surface area contributed by atoms with Gasteiger partial charge in [0, 0.05) is 17.6 Å². The van der Waals surface area contributed by atoms with Crippen molar-refractivity contribution in [3.8, 4) is 6.07 Å². The van der Waals surface area contributed by atoms with E-state index in [0.717, 1.165) is 23.9 Å². The van der Waals surface area contributed by atoms with Crippen LogP contribution in [0.25, 0.3) is 11.0 Å². The standard InChI is InChI=1S/C12H10FN3/c13-10-6-8-4-5-16(9-2-1-3-9)12(8)15-11(10)7-14/h4-6,9H,1-3H2. The lowest BCUT2D eigenvalue weighted by Gasteiger charge is -2.27. The highest BCUT2D eigenvalue weighted by atomic mass is 19.1. The van der Waals surface area contributed by atoms with Gasteiger partial charge in [-0.15, -0.1) is 0 Å². The van der Waals surface area contributed by atoms with Gasteiger partial charge in [-0.2, -0.15) is 5.26 Å². The van der Waals surface area contributed by atoms with Crippen LogP contribution in [0.3, 0.4) is 0 Å². The van der Waals surface area contributed by atoms with Gasteiger partial charge in [-0.3, -0.25) is 0 Å². The third-order valence-electron chi connectivity index (χ3n) is 3.22. The molecule has 0 N–H and O–H groups in total. The Labute approximate surface area is 92.1 Å². The van der Waals surface area contributed by atoms with Crippen molar-refractivity contribution < 1.29 is 4.39 Å². The maximum absolute atomic E-state index is 13.3. The molecule has 1 fully saturated rings. The number of aromatic nitrogens is 2. The molecule has 4 heteroatoms. The van der Waals surface area contributed by atoms with Crippen LogP contribution in [-0.4, -0.2) is 9.55 Å². The van der Waals surface area contributed by atoms with E-state index >= 15 is 0 Å². The van der Waals surface area contributed by atoms with Crippen LogP contribution in [0.4, 0.5) is 4.39 Å². The molecule has 0 atom stereocenters. The van der Waals surface area contributed by atoms with Crippen LogP contribution in [0.2, 0.25) is 0 Å². The first-order valence-electron chi connectivity index (χ1n) is 5.37. The first kappa shape index (κ1) is 9.34. The Kier molecular flexibility index (Phi) is 1.93. The minimum absolute atomic E-state index is 0.119. The summed E-state index contributed by atoms with van der Waals surface area (Å²) in [5, 5.41) is 9.52. The number of hydrogen-bond acceptors (Lipinski definition) is 2. The summed E-state index contributed by atoms with van der Waals surface area (Å²) in [6.07, 6.45) is 5.45. The zero-order valence-electron chi connectivity index (χ0n) is 8.65. The molecule has 0 aliphatic heterocycles. The quantitative estimate of drug-likeness (QED) is 0.734. The van der Waals surface area contributed by atoms with Crippen LogP contribution in [-0.2, 0) is 0 Å². The molecule has 0 amide bonds. The Morgan fingerprint density at radius 3 is 2.94 bits per heavy atom. The van der Waals surface area contributed by atoms with Crippen LogP contribution < -0.4 is 0 Å². The molecule has 2 aromatic heterocycles. The second-order valence-corrected chi connectivity index (χ2v) is 4.15. The lowest BCUT2D eigenvalue weighted by Crippen LogP contribution is -2.16. The lowest BCUT2D eigenvalue weighted by atomic mass is 9.93. The molecule has 2 heterocycles. The van der Waals surface area contributed by atoms with Gasteiger partial charge in [-0.05, 0) is 31.4 Å². The molecule has 0 aromatic carbocycles. The molecule has 0 saturated heterocycles. The number of nitrogens with zero attached hydrogens (tertiary/aromatic N) is 3. The van der Waals surface area contributed by atoms with Crippen LogP contribution in [0.15, 0.2) is 18.3 Å². The average molecular weight is 215 g/mol. The number of rotatable bonds is 1. The second-order valence-electron chi connectivity index (χ2n) is 4.15. The highest BCUT2D eigenvalue weighted by Gasteiger charge is 2.21. The summed E-state index contributed by atoms with van der Waals surface area (Å²) in [6.45, 7) is 0. The Morgan fingerprint density at radius 1 is 1.50 bits per heavy atom. The van der Waals surface area contributed by atoms with Gasteiger partial charge in [-0.1, -0.05) is 0 Å². The zero-order chi connectivity index (χ0) is 11.1. The van der Waals surface area contributed by atoms with Crippen molar-refractivity contribution in [2.75, 3.05) is 0 Å². The molecule has 80 valence electrons. The third kappa shape index (κ3) is 1.21. The predicted molar refractivity (Wildman–Crippen MR) is 57.3 cm³/mol. The molecule has 0 unspecified atom stereocenters. The van der Waals surface area contributed by atoms with Crippen molar-refractivity contribution in [1.82, 2.24) is 9.55 Å². The molecule has 1 saturated carbocycles. The molecule has 3 rings (SSSR count). The predicted octanol–water partition coefficient (Wildman–Crippen LogP) is 2.77. The van der Waals surface area contributed by atoms with Gasteiger partial charge in [0.05, 0.1) is 0 Å². The summed E-state index contributed by atoms with van der Waals surface area (Å²) in [6, 6.07) is 5.49. The second kappa shape index (κ2) is 3.31. The average Bonchev–Trinajstić information content (AvgIpc) is 2.58. The topological polar surface area (TPSA) is 41.6 Å². The van der Waals surface area contributed by atoms with E-state index in [0.29, 0.717) is 6.04 Å². The molecule has 1 aliphatic carbocycles. The van der Waals surface area contributed by atoms with Gasteiger partial charge in [0.2, 0.25) is 0 Å². The molecule has 2 aromatic rings. The van der Waals surface area contributed by atoms with Crippen molar-refractivity contribution in [2.45, 2.75) is 25.3 Å². The van der Waals surface area contributed by atoms with Crippen molar-refractivity contribution in [1.29, 1.82) is 5.26 Å². The fourth-order valence-electron chi connectivity index (χ4n) is 2.09. The van der Waals surface area contributed by atoms with E-state index < -0.39 is 5.82 Å². The number of hydrogen-bond donors (Lipinski definition) is 0. The van der Waals surface area contributed by atoms with E-state index in [9.17, 15) is 4.39 Å². The monoisotopic (exact) mass is 215 g/mol. The summed E-state index contributed by atoms with van der Waals surface area (Å²) in [4.78, 5) is 4.08. The molecule has 16 heavy (non-hydrogen) atoms. The SMILES string of the molecule is N#Cc1nc2c(ccn2C2CCC2)cc1F. The summed E-state index contributed by atoms with van der Waals surface area (Å²) in [7, 11) is 0. The molecular formula is C12H10FN3. The maximum atomic E-state index is 13.3. The smallest absolute Gasteiger partial charge is 0.178 e. The van der Waals surface area contributed by atoms with Crippen molar-refractivity contribution >= 4 is 11.0 Å². The first-order chi connectivity index (χ1) is 7.79. The van der Waals surface area contributed by atoms with Crippen molar-refractivity contribution in [2.24, 2.45) is 0 Å². The van der Waals surface area contributed by atoms with E-state index in [1.807, 2.05) is 12.3 Å². The summed E-state index contributed by atoms with van der Waals surface area (Å²) in [5.41, 5.74) is 0.606. The fourth-order valence-corrected chi connectivity index (χ4v) is 2.09. The van der Waals surface area contributed by atoms with E-state index in [1.54, 1.807) is 6.07 Å². The van der Waals surface area contributed by atoms with E-state index in [2.05, 4.69) is 9.55 Å². The van der Waals surface area contributed by atoms with Gasteiger partial charge in [0.25, 0.3) is 0 Å². The van der Waals surface area contributed by atoms with Gasteiger partial charge < -0.3 is 4.57 Å². The maximum Gasteiger partial charge on any atom is 0.178 e. The van der Waals surface area contributed by atoms with Gasteiger partial charge >= 0.3 is 0 Å². The van der Waals surface area contributed by atoms with Crippen LogP contribution in [0.1, 0.15) is 31.0 Å². The normalized spacial score (nSPS) is 16.0. The Balaban J connectivity index is 2.21. The van der Waals surface area contributed by atoms with Crippen LogP contribution >= 0.6 is 0 Å². The van der Waals surface area contributed by atoms with Crippen molar-refractivity contribution in [3.05, 3.63) is 29.8 Å². The first-order valence-corrected chi connectivity index (χ1v) is 5.37. The number of nitriles is 1. The van der Waals surface area contributed by atoms with E-state index in [-0.39, 0.29) is 5.69 Å². The molecule has 0 bridgehead atoms. The largest absolute Gasteiger partial charge is 0.329 e. The number of pyridine rings is 1.